The molecule has 0 aliphatic heterocycles. The van der Waals surface area contributed by atoms with Crippen molar-refractivity contribution in [3.8, 4) is 0 Å². The third-order valence-electron chi connectivity index (χ3n) is 5.15. The van der Waals surface area contributed by atoms with Crippen LogP contribution in [0.2, 0.25) is 0 Å². The van der Waals surface area contributed by atoms with Gasteiger partial charge in [0, 0.05) is 7.11 Å². The number of hydrogen-bond donors (Lipinski definition) is 0. The molecule has 7 heteroatoms. The standard InChI is InChI=1S/C27H34O7/c1-19(2)16-27(3,4)26(30)34-23(25(29)33-18-21-14-10-7-11-15-21)22(31-5)24(28)32-17-20-12-8-6-9-13-20/h6-15,19,22-23H,16-18H2,1-5H3. The van der Waals surface area contributed by atoms with E-state index in [-0.39, 0.29) is 19.1 Å². The van der Waals surface area contributed by atoms with Gasteiger partial charge >= 0.3 is 17.9 Å². The number of carbonyl (C=O) groups is 3. The lowest BCUT2D eigenvalue weighted by Gasteiger charge is -2.29. The molecule has 0 N–H and O–H groups in total. The molecule has 0 aromatic heterocycles. The maximum absolute atomic E-state index is 13.0. The third kappa shape index (κ3) is 8.30. The largest absolute Gasteiger partial charge is 0.459 e. The molecular weight excluding hydrogens is 436 g/mol. The fourth-order valence-electron chi connectivity index (χ4n) is 3.58. The molecule has 7 nitrogen and oxygen atoms in total. The van der Waals surface area contributed by atoms with E-state index in [4.69, 9.17) is 18.9 Å². The van der Waals surface area contributed by atoms with Crippen LogP contribution in [0.4, 0.5) is 0 Å². The molecule has 2 rings (SSSR count). The molecule has 0 aliphatic rings. The van der Waals surface area contributed by atoms with Crippen LogP contribution in [0.25, 0.3) is 0 Å². The number of esters is 3. The Morgan fingerprint density at radius 1 is 0.765 bits per heavy atom. The minimum Gasteiger partial charge on any atom is -0.459 e. The van der Waals surface area contributed by atoms with Crippen LogP contribution in [0.1, 0.15) is 45.2 Å². The van der Waals surface area contributed by atoms with E-state index in [0.717, 1.165) is 11.1 Å². The van der Waals surface area contributed by atoms with Crippen LogP contribution in [0.3, 0.4) is 0 Å². The van der Waals surface area contributed by atoms with Gasteiger partial charge in [0.15, 0.2) is 0 Å². The molecular formula is C27H34O7. The molecule has 0 heterocycles. The normalized spacial score (nSPS) is 13.1. The maximum atomic E-state index is 13.0. The van der Waals surface area contributed by atoms with Crippen LogP contribution in [0.5, 0.6) is 0 Å². The van der Waals surface area contributed by atoms with Crippen molar-refractivity contribution in [2.45, 2.75) is 59.5 Å². The Morgan fingerprint density at radius 3 is 1.62 bits per heavy atom. The van der Waals surface area contributed by atoms with Crippen LogP contribution in [0.15, 0.2) is 60.7 Å². The first-order chi connectivity index (χ1) is 16.1. The second-order valence-corrected chi connectivity index (χ2v) is 9.15. The van der Waals surface area contributed by atoms with E-state index < -0.39 is 35.5 Å². The zero-order chi connectivity index (χ0) is 25.1. The van der Waals surface area contributed by atoms with E-state index in [0.29, 0.717) is 6.42 Å². The van der Waals surface area contributed by atoms with Crippen LogP contribution in [-0.2, 0) is 46.5 Å². The summed E-state index contributed by atoms with van der Waals surface area (Å²) in [5, 5.41) is 0. The van der Waals surface area contributed by atoms with Crippen LogP contribution < -0.4 is 0 Å². The number of ether oxygens (including phenoxy) is 4. The molecule has 0 amide bonds. The summed E-state index contributed by atoms with van der Waals surface area (Å²) in [5.74, 6) is -2.12. The Morgan fingerprint density at radius 2 is 1.21 bits per heavy atom. The van der Waals surface area contributed by atoms with Crippen LogP contribution >= 0.6 is 0 Å². The first-order valence-corrected chi connectivity index (χ1v) is 11.3. The molecule has 0 radical (unpaired) electrons. The molecule has 2 aromatic carbocycles. The summed E-state index contributed by atoms with van der Waals surface area (Å²) in [6.07, 6.45) is -2.56. The Bertz CT molecular complexity index is 923. The van der Waals surface area contributed by atoms with Crippen molar-refractivity contribution in [1.82, 2.24) is 0 Å². The molecule has 0 saturated carbocycles. The zero-order valence-electron chi connectivity index (χ0n) is 20.5. The van der Waals surface area contributed by atoms with Gasteiger partial charge < -0.3 is 18.9 Å². The van der Waals surface area contributed by atoms with Crippen molar-refractivity contribution in [2.24, 2.45) is 11.3 Å². The summed E-state index contributed by atoms with van der Waals surface area (Å²) in [7, 11) is 1.25. The highest BCUT2D eigenvalue weighted by Crippen LogP contribution is 2.28. The van der Waals surface area contributed by atoms with E-state index in [1.807, 2.05) is 50.2 Å². The smallest absolute Gasteiger partial charge is 0.351 e. The number of carbonyl (C=O) groups excluding carboxylic acids is 3. The zero-order valence-corrected chi connectivity index (χ0v) is 20.5. The first-order valence-electron chi connectivity index (χ1n) is 11.3. The van der Waals surface area contributed by atoms with Crippen molar-refractivity contribution in [3.05, 3.63) is 71.8 Å². The highest BCUT2D eigenvalue weighted by Gasteiger charge is 2.43. The van der Waals surface area contributed by atoms with Gasteiger partial charge in [-0.3, -0.25) is 4.79 Å². The Labute approximate surface area is 201 Å². The van der Waals surface area contributed by atoms with Crippen molar-refractivity contribution < 1.29 is 33.3 Å². The van der Waals surface area contributed by atoms with Gasteiger partial charge in [-0.05, 0) is 37.3 Å². The SMILES string of the molecule is COC(C(=O)OCc1ccccc1)C(OC(=O)C(C)(C)CC(C)C)C(=O)OCc1ccccc1. The van der Waals surface area contributed by atoms with Gasteiger partial charge in [-0.15, -0.1) is 0 Å². The van der Waals surface area contributed by atoms with E-state index in [1.165, 1.54) is 7.11 Å². The highest BCUT2D eigenvalue weighted by atomic mass is 16.6. The minimum absolute atomic E-state index is 0.0158. The molecule has 184 valence electrons. The van der Waals surface area contributed by atoms with Crippen molar-refractivity contribution in [2.75, 3.05) is 7.11 Å². The molecule has 0 bridgehead atoms. The average Bonchev–Trinajstić information content (AvgIpc) is 2.81. The third-order valence-corrected chi connectivity index (χ3v) is 5.15. The lowest BCUT2D eigenvalue weighted by molar-refractivity contribution is -0.191. The summed E-state index contributed by atoms with van der Waals surface area (Å²) in [4.78, 5) is 38.8. The van der Waals surface area contributed by atoms with E-state index >= 15 is 0 Å². The van der Waals surface area contributed by atoms with Gasteiger partial charge in [0.2, 0.25) is 12.2 Å². The molecule has 0 fully saturated rings. The monoisotopic (exact) mass is 470 g/mol. The molecule has 2 atom stereocenters. The van der Waals surface area contributed by atoms with Crippen molar-refractivity contribution >= 4 is 17.9 Å². The second-order valence-electron chi connectivity index (χ2n) is 9.15. The maximum Gasteiger partial charge on any atom is 0.351 e. The summed E-state index contributed by atoms with van der Waals surface area (Å²) in [6, 6.07) is 18.1. The first kappa shape index (κ1) is 27.1. The molecule has 34 heavy (non-hydrogen) atoms. The number of hydrogen-bond acceptors (Lipinski definition) is 7. The fraction of sp³-hybridized carbons (Fsp3) is 0.444. The predicted octanol–water partition coefficient (Wildman–Crippen LogP) is 4.47. The second kappa shape index (κ2) is 12.9. The summed E-state index contributed by atoms with van der Waals surface area (Å²) in [6.45, 7) is 7.38. The Hall–Kier alpha value is -3.19. The molecule has 2 aromatic rings. The number of methoxy groups -OCH3 is 1. The lowest BCUT2D eigenvalue weighted by Crippen LogP contribution is -2.47. The van der Waals surface area contributed by atoms with E-state index in [9.17, 15) is 14.4 Å². The quantitative estimate of drug-likeness (QED) is 0.334. The summed E-state index contributed by atoms with van der Waals surface area (Å²) in [5.41, 5.74) is 0.642. The number of rotatable bonds is 12. The van der Waals surface area contributed by atoms with Gasteiger partial charge in [-0.2, -0.15) is 0 Å². The highest BCUT2D eigenvalue weighted by molar-refractivity contribution is 5.88. The van der Waals surface area contributed by atoms with Gasteiger partial charge in [0.05, 0.1) is 5.41 Å². The van der Waals surface area contributed by atoms with Gasteiger partial charge in [-0.25, -0.2) is 9.59 Å². The summed E-state index contributed by atoms with van der Waals surface area (Å²) >= 11 is 0. The van der Waals surface area contributed by atoms with Gasteiger partial charge in [0.25, 0.3) is 0 Å². The van der Waals surface area contributed by atoms with E-state index in [2.05, 4.69) is 0 Å². The topological polar surface area (TPSA) is 88.1 Å². The fourth-order valence-corrected chi connectivity index (χ4v) is 3.58. The van der Waals surface area contributed by atoms with Gasteiger partial charge in [-0.1, -0.05) is 74.5 Å². The summed E-state index contributed by atoms with van der Waals surface area (Å²) < 4.78 is 21.6. The van der Waals surface area contributed by atoms with Crippen LogP contribution in [0, 0.1) is 11.3 Å². The minimum atomic E-state index is -1.61. The lowest BCUT2D eigenvalue weighted by atomic mass is 9.84. The van der Waals surface area contributed by atoms with E-state index in [1.54, 1.807) is 38.1 Å². The molecule has 0 spiro atoms. The predicted molar refractivity (Wildman–Crippen MR) is 126 cm³/mol. The Kier molecular flexibility index (Phi) is 10.3. The van der Waals surface area contributed by atoms with Gasteiger partial charge in [0.1, 0.15) is 13.2 Å². The molecule has 0 aliphatic carbocycles. The van der Waals surface area contributed by atoms with Crippen molar-refractivity contribution in [1.29, 1.82) is 0 Å². The Balaban J connectivity index is 2.19. The number of benzene rings is 2. The van der Waals surface area contributed by atoms with Crippen molar-refractivity contribution in [3.63, 3.8) is 0 Å². The molecule has 0 saturated heterocycles. The van der Waals surface area contributed by atoms with Crippen LogP contribution in [-0.4, -0.2) is 37.2 Å². The average molecular weight is 471 g/mol. The molecule has 2 unspecified atom stereocenters.